The van der Waals surface area contributed by atoms with Gasteiger partial charge in [0.25, 0.3) is 0 Å². The fourth-order valence-electron chi connectivity index (χ4n) is 1.72. The molecule has 1 heterocycles. The predicted molar refractivity (Wildman–Crippen MR) is 76.3 cm³/mol. The third-order valence-electron chi connectivity index (χ3n) is 2.87. The average Bonchev–Trinajstić information content (AvgIpc) is 2.49. The van der Waals surface area contributed by atoms with E-state index in [4.69, 9.17) is 0 Å². The number of hydrogen-bond donors (Lipinski definition) is 1. The van der Waals surface area contributed by atoms with E-state index < -0.39 is 22.9 Å². The zero-order chi connectivity index (χ0) is 16.7. The zero-order valence-corrected chi connectivity index (χ0v) is 12.5. The molecule has 0 radical (unpaired) electrons. The molecule has 0 aliphatic heterocycles. The van der Waals surface area contributed by atoms with Gasteiger partial charge in [-0.2, -0.15) is 0 Å². The smallest absolute Gasteiger partial charge is 0.328 e. The van der Waals surface area contributed by atoms with Crippen LogP contribution in [0.3, 0.4) is 0 Å². The number of ether oxygens (including phenoxy) is 2. The number of nitrogens with zero attached hydrogens (tertiary/aromatic N) is 2. The predicted octanol–water partition coefficient (Wildman–Crippen LogP) is 1.20. The van der Waals surface area contributed by atoms with Gasteiger partial charge >= 0.3 is 17.6 Å². The van der Waals surface area contributed by atoms with Gasteiger partial charge in [0.2, 0.25) is 5.82 Å². The number of aryl methyl sites for hydroxylation is 1. The maximum absolute atomic E-state index is 11.7. The molecular weight excluding hydrogens is 294 g/mol. The lowest BCUT2D eigenvalue weighted by Gasteiger charge is -2.16. The van der Waals surface area contributed by atoms with Crippen molar-refractivity contribution in [3.8, 4) is 0 Å². The first-order chi connectivity index (χ1) is 10.4. The number of anilines is 1. The van der Waals surface area contributed by atoms with Crippen molar-refractivity contribution >= 4 is 23.4 Å². The van der Waals surface area contributed by atoms with Gasteiger partial charge < -0.3 is 14.8 Å². The van der Waals surface area contributed by atoms with E-state index in [0.717, 1.165) is 0 Å². The first-order valence-electron chi connectivity index (χ1n) is 6.42. The minimum absolute atomic E-state index is 0.0388. The van der Waals surface area contributed by atoms with Crippen LogP contribution >= 0.6 is 0 Å². The molecule has 0 saturated carbocycles. The Labute approximate surface area is 126 Å². The van der Waals surface area contributed by atoms with Gasteiger partial charge in [0.05, 0.1) is 19.1 Å². The van der Waals surface area contributed by atoms with Crippen molar-refractivity contribution in [3.05, 3.63) is 27.9 Å². The maximum atomic E-state index is 11.7. The lowest BCUT2D eigenvalue weighted by atomic mass is 10.1. The molecule has 0 aromatic carbocycles. The molecule has 1 aromatic rings. The minimum Gasteiger partial charge on any atom is -0.469 e. The summed E-state index contributed by atoms with van der Waals surface area (Å²) in [6.07, 6.45) is 0.0228. The van der Waals surface area contributed by atoms with Crippen molar-refractivity contribution in [1.82, 2.24) is 4.98 Å². The van der Waals surface area contributed by atoms with Gasteiger partial charge in [0.15, 0.2) is 0 Å². The van der Waals surface area contributed by atoms with Crippen LogP contribution < -0.4 is 5.32 Å². The standard InChI is InChI=1S/C13H17N3O6/c1-8-4-6-10(16(19)20)12(14-8)15-9(13(18)22-3)5-7-11(17)21-2/h4,6,9H,5,7H2,1-3H3,(H,14,15). The van der Waals surface area contributed by atoms with E-state index in [1.54, 1.807) is 6.92 Å². The lowest BCUT2D eigenvalue weighted by Crippen LogP contribution is -2.32. The molecule has 0 fully saturated rings. The highest BCUT2D eigenvalue weighted by Crippen LogP contribution is 2.23. The van der Waals surface area contributed by atoms with E-state index in [9.17, 15) is 19.7 Å². The summed E-state index contributed by atoms with van der Waals surface area (Å²) in [4.78, 5) is 37.3. The molecule has 1 unspecified atom stereocenters. The summed E-state index contributed by atoms with van der Waals surface area (Å²) in [6.45, 7) is 1.66. The van der Waals surface area contributed by atoms with Crippen molar-refractivity contribution in [2.45, 2.75) is 25.8 Å². The van der Waals surface area contributed by atoms with Crippen LogP contribution in [0.5, 0.6) is 0 Å². The third kappa shape index (κ3) is 4.69. The molecule has 1 aromatic heterocycles. The van der Waals surface area contributed by atoms with Crippen LogP contribution in [0.4, 0.5) is 11.5 Å². The SMILES string of the molecule is COC(=O)CCC(Nc1nc(C)ccc1[N+](=O)[O-])C(=O)OC. The summed E-state index contributed by atoms with van der Waals surface area (Å²) in [5, 5.41) is 13.7. The average molecular weight is 311 g/mol. The van der Waals surface area contributed by atoms with Gasteiger partial charge in [-0.05, 0) is 19.4 Å². The van der Waals surface area contributed by atoms with E-state index in [-0.39, 0.29) is 24.3 Å². The van der Waals surface area contributed by atoms with Gasteiger partial charge in [-0.15, -0.1) is 0 Å². The molecule has 9 nitrogen and oxygen atoms in total. The van der Waals surface area contributed by atoms with E-state index in [1.165, 1.54) is 26.4 Å². The Hall–Kier alpha value is -2.71. The van der Waals surface area contributed by atoms with E-state index >= 15 is 0 Å². The number of rotatable bonds is 7. The normalized spacial score (nSPS) is 11.4. The Kier molecular flexibility index (Phi) is 6.24. The number of methoxy groups -OCH3 is 2. The highest BCUT2D eigenvalue weighted by Gasteiger charge is 2.25. The van der Waals surface area contributed by atoms with Crippen LogP contribution in [0.25, 0.3) is 0 Å². The molecule has 0 aliphatic rings. The van der Waals surface area contributed by atoms with Gasteiger partial charge in [-0.25, -0.2) is 9.78 Å². The van der Waals surface area contributed by atoms with Gasteiger partial charge in [-0.3, -0.25) is 14.9 Å². The maximum Gasteiger partial charge on any atom is 0.328 e. The minimum atomic E-state index is -0.947. The molecule has 0 aliphatic carbocycles. The molecule has 0 spiro atoms. The van der Waals surface area contributed by atoms with E-state index in [0.29, 0.717) is 5.69 Å². The van der Waals surface area contributed by atoms with Gasteiger partial charge in [0, 0.05) is 18.2 Å². The number of pyridine rings is 1. The van der Waals surface area contributed by atoms with Crippen molar-refractivity contribution < 1.29 is 24.0 Å². The highest BCUT2D eigenvalue weighted by molar-refractivity contribution is 5.81. The Balaban J connectivity index is 2.98. The first kappa shape index (κ1) is 17.3. The van der Waals surface area contributed by atoms with Gasteiger partial charge in [-0.1, -0.05) is 0 Å². The molecule has 1 rings (SSSR count). The summed E-state index contributed by atoms with van der Waals surface area (Å²) in [5.74, 6) is -1.20. The largest absolute Gasteiger partial charge is 0.469 e. The summed E-state index contributed by atoms with van der Waals surface area (Å²) in [5.41, 5.74) is 0.280. The molecule has 1 atom stereocenters. The fraction of sp³-hybridized carbons (Fsp3) is 0.462. The van der Waals surface area contributed by atoms with Gasteiger partial charge in [0.1, 0.15) is 6.04 Å². The molecule has 120 valence electrons. The topological polar surface area (TPSA) is 121 Å². The molecule has 1 N–H and O–H groups in total. The summed E-state index contributed by atoms with van der Waals surface area (Å²) in [7, 11) is 2.42. The van der Waals surface area contributed by atoms with Crippen molar-refractivity contribution in [2.75, 3.05) is 19.5 Å². The summed E-state index contributed by atoms with van der Waals surface area (Å²) in [6, 6.07) is 1.83. The number of nitro groups is 1. The Morgan fingerprint density at radius 2 is 2.05 bits per heavy atom. The van der Waals surface area contributed by atoms with E-state index in [1.807, 2.05) is 0 Å². The molecule has 0 bridgehead atoms. The highest BCUT2D eigenvalue weighted by atomic mass is 16.6. The van der Waals surface area contributed by atoms with Crippen molar-refractivity contribution in [2.24, 2.45) is 0 Å². The second-order valence-electron chi connectivity index (χ2n) is 4.41. The second-order valence-corrected chi connectivity index (χ2v) is 4.41. The zero-order valence-electron chi connectivity index (χ0n) is 12.5. The summed E-state index contributed by atoms with van der Waals surface area (Å²) < 4.78 is 9.13. The van der Waals surface area contributed by atoms with Crippen LogP contribution in [0, 0.1) is 17.0 Å². The molecule has 9 heteroatoms. The van der Waals surface area contributed by atoms with Crippen molar-refractivity contribution in [1.29, 1.82) is 0 Å². The number of hydrogen-bond acceptors (Lipinski definition) is 8. The molecule has 22 heavy (non-hydrogen) atoms. The number of aromatic nitrogens is 1. The molecule has 0 amide bonds. The van der Waals surface area contributed by atoms with Crippen molar-refractivity contribution in [3.63, 3.8) is 0 Å². The fourth-order valence-corrected chi connectivity index (χ4v) is 1.72. The number of nitrogens with one attached hydrogen (secondary N) is 1. The Morgan fingerprint density at radius 1 is 1.36 bits per heavy atom. The van der Waals surface area contributed by atoms with Crippen LogP contribution in [-0.2, 0) is 19.1 Å². The third-order valence-corrected chi connectivity index (χ3v) is 2.87. The van der Waals surface area contributed by atoms with Crippen LogP contribution in [-0.4, -0.2) is 42.1 Å². The first-order valence-corrected chi connectivity index (χ1v) is 6.42. The van der Waals surface area contributed by atoms with E-state index in [2.05, 4.69) is 19.8 Å². The Bertz CT molecular complexity index is 575. The monoisotopic (exact) mass is 311 g/mol. The second kappa shape index (κ2) is 7.91. The molecule has 0 saturated heterocycles. The van der Waals surface area contributed by atoms with Crippen LogP contribution in [0.15, 0.2) is 12.1 Å². The molecular formula is C13H17N3O6. The summed E-state index contributed by atoms with van der Waals surface area (Å²) >= 11 is 0. The lowest BCUT2D eigenvalue weighted by molar-refractivity contribution is -0.384. The number of esters is 2. The number of carbonyl (C=O) groups excluding carboxylic acids is 2. The Morgan fingerprint density at radius 3 is 2.59 bits per heavy atom. The number of carbonyl (C=O) groups is 2. The quantitative estimate of drug-likeness (QED) is 0.453. The van der Waals surface area contributed by atoms with Crippen LogP contribution in [0.1, 0.15) is 18.5 Å². The van der Waals surface area contributed by atoms with Crippen LogP contribution in [0.2, 0.25) is 0 Å².